The minimum Gasteiger partial charge on any atom is -0.359 e. The van der Waals surface area contributed by atoms with Crippen LogP contribution >= 0.6 is 15.9 Å². The SMILES string of the molecule is N#CC(=CNc1cc(F)c(F)c(F)c1Br)c1nn[nH]n1. The molecule has 0 aliphatic rings. The van der Waals surface area contributed by atoms with Gasteiger partial charge in [-0.25, -0.2) is 13.2 Å². The third kappa shape index (κ3) is 2.62. The van der Waals surface area contributed by atoms with Crippen molar-refractivity contribution in [2.24, 2.45) is 0 Å². The molecule has 0 spiro atoms. The molecule has 0 unspecified atom stereocenters. The van der Waals surface area contributed by atoms with Crippen molar-refractivity contribution in [1.82, 2.24) is 20.6 Å². The van der Waals surface area contributed by atoms with Crippen LogP contribution in [-0.2, 0) is 0 Å². The van der Waals surface area contributed by atoms with E-state index in [1.807, 2.05) is 0 Å². The smallest absolute Gasteiger partial charge is 0.216 e. The van der Waals surface area contributed by atoms with Gasteiger partial charge < -0.3 is 5.32 Å². The Kier molecular flexibility index (Phi) is 3.99. The fraction of sp³-hybridized carbons (Fsp3) is 0. The van der Waals surface area contributed by atoms with Crippen molar-refractivity contribution in [1.29, 1.82) is 5.26 Å². The van der Waals surface area contributed by atoms with E-state index in [0.717, 1.165) is 12.3 Å². The molecular formula is C10H4BrF3N6. The number of H-pyrrole nitrogens is 1. The Morgan fingerprint density at radius 1 is 1.40 bits per heavy atom. The van der Waals surface area contributed by atoms with Crippen molar-refractivity contribution in [3.63, 3.8) is 0 Å². The highest BCUT2D eigenvalue weighted by Gasteiger charge is 2.16. The molecule has 102 valence electrons. The zero-order chi connectivity index (χ0) is 14.7. The number of hydrogen-bond donors (Lipinski definition) is 2. The Morgan fingerprint density at radius 2 is 2.15 bits per heavy atom. The van der Waals surface area contributed by atoms with Crippen LogP contribution in [-0.4, -0.2) is 20.6 Å². The Hall–Kier alpha value is -2.41. The molecule has 0 aliphatic carbocycles. The summed E-state index contributed by atoms with van der Waals surface area (Å²) in [6, 6.07) is 2.51. The van der Waals surface area contributed by atoms with Gasteiger partial charge in [-0.2, -0.15) is 10.5 Å². The first kappa shape index (κ1) is 14.0. The molecule has 0 saturated carbocycles. The molecule has 0 amide bonds. The van der Waals surface area contributed by atoms with E-state index >= 15 is 0 Å². The highest BCUT2D eigenvalue weighted by Crippen LogP contribution is 2.29. The zero-order valence-corrected chi connectivity index (χ0v) is 11.0. The van der Waals surface area contributed by atoms with Crippen LogP contribution in [0.4, 0.5) is 18.9 Å². The number of aromatic amines is 1. The van der Waals surface area contributed by atoms with Crippen molar-refractivity contribution in [2.45, 2.75) is 0 Å². The first-order chi connectivity index (χ1) is 9.54. The molecule has 2 aromatic rings. The number of halogens is 4. The molecular weight excluding hydrogens is 341 g/mol. The molecule has 6 nitrogen and oxygen atoms in total. The molecule has 2 N–H and O–H groups in total. The van der Waals surface area contributed by atoms with Crippen LogP contribution in [0.5, 0.6) is 0 Å². The minimum atomic E-state index is -1.59. The number of nitrogens with zero attached hydrogens (tertiary/aromatic N) is 4. The lowest BCUT2D eigenvalue weighted by atomic mass is 10.2. The van der Waals surface area contributed by atoms with Gasteiger partial charge in [0.25, 0.3) is 0 Å². The van der Waals surface area contributed by atoms with E-state index in [1.54, 1.807) is 6.07 Å². The van der Waals surface area contributed by atoms with Gasteiger partial charge >= 0.3 is 0 Å². The molecule has 0 saturated heterocycles. The molecule has 1 aromatic carbocycles. The molecule has 2 rings (SSSR count). The Labute approximate surface area is 118 Å². The van der Waals surface area contributed by atoms with E-state index in [2.05, 4.69) is 41.9 Å². The van der Waals surface area contributed by atoms with Gasteiger partial charge in [0.1, 0.15) is 11.6 Å². The summed E-state index contributed by atoms with van der Waals surface area (Å²) < 4.78 is 39.0. The normalized spacial score (nSPS) is 11.2. The van der Waals surface area contributed by atoms with Crippen LogP contribution in [0.3, 0.4) is 0 Å². The van der Waals surface area contributed by atoms with Crippen LogP contribution in [0.15, 0.2) is 16.7 Å². The monoisotopic (exact) mass is 344 g/mol. The van der Waals surface area contributed by atoms with Gasteiger partial charge in [-0.15, -0.1) is 10.2 Å². The summed E-state index contributed by atoms with van der Waals surface area (Å²) in [5, 5.41) is 23.9. The van der Waals surface area contributed by atoms with Crippen molar-refractivity contribution < 1.29 is 13.2 Å². The van der Waals surface area contributed by atoms with Crippen LogP contribution in [0.1, 0.15) is 5.82 Å². The molecule has 0 atom stereocenters. The summed E-state index contributed by atoms with van der Waals surface area (Å²) in [4.78, 5) is 0. The molecule has 0 fully saturated rings. The zero-order valence-electron chi connectivity index (χ0n) is 9.46. The van der Waals surface area contributed by atoms with Crippen molar-refractivity contribution in [3.05, 3.63) is 40.0 Å². The van der Waals surface area contributed by atoms with Gasteiger partial charge in [0, 0.05) is 12.3 Å². The van der Waals surface area contributed by atoms with Crippen LogP contribution in [0.2, 0.25) is 0 Å². The summed E-state index contributed by atoms with van der Waals surface area (Å²) in [6.45, 7) is 0. The van der Waals surface area contributed by atoms with E-state index in [-0.39, 0.29) is 21.6 Å². The highest BCUT2D eigenvalue weighted by atomic mass is 79.9. The van der Waals surface area contributed by atoms with Crippen molar-refractivity contribution in [2.75, 3.05) is 5.32 Å². The number of anilines is 1. The molecule has 20 heavy (non-hydrogen) atoms. The van der Waals surface area contributed by atoms with Gasteiger partial charge in [0.2, 0.25) is 5.82 Å². The summed E-state index contributed by atoms with van der Waals surface area (Å²) in [7, 11) is 0. The van der Waals surface area contributed by atoms with Gasteiger partial charge in [-0.3, -0.25) is 0 Å². The second kappa shape index (κ2) is 5.70. The number of nitriles is 1. The maximum Gasteiger partial charge on any atom is 0.216 e. The van der Waals surface area contributed by atoms with Gasteiger partial charge in [0.15, 0.2) is 17.5 Å². The average molecular weight is 345 g/mol. The highest BCUT2D eigenvalue weighted by molar-refractivity contribution is 9.10. The predicted octanol–water partition coefficient (Wildman–Crippen LogP) is 2.36. The first-order valence-corrected chi connectivity index (χ1v) is 5.77. The number of nitrogens with one attached hydrogen (secondary N) is 2. The molecule has 0 aliphatic heterocycles. The quantitative estimate of drug-likeness (QED) is 0.506. The predicted molar refractivity (Wildman–Crippen MR) is 65.4 cm³/mol. The summed E-state index contributed by atoms with van der Waals surface area (Å²) in [5.74, 6) is -4.33. The standard InChI is InChI=1S/C10H4BrF3N6/c11-7-6(1-5(12)8(13)9(7)14)16-3-4(2-15)10-17-19-20-18-10/h1,3,16H,(H,17,18,19,20). The number of allylic oxidation sites excluding steroid dienone is 1. The van der Waals surface area contributed by atoms with E-state index in [4.69, 9.17) is 5.26 Å². The number of benzene rings is 1. The first-order valence-electron chi connectivity index (χ1n) is 4.98. The molecule has 1 aromatic heterocycles. The molecule has 1 heterocycles. The largest absolute Gasteiger partial charge is 0.359 e. The number of aromatic nitrogens is 4. The van der Waals surface area contributed by atoms with E-state index in [0.29, 0.717) is 0 Å². The van der Waals surface area contributed by atoms with E-state index in [1.165, 1.54) is 0 Å². The van der Waals surface area contributed by atoms with Crippen molar-refractivity contribution >= 4 is 27.2 Å². The number of hydrogen-bond acceptors (Lipinski definition) is 5. The van der Waals surface area contributed by atoms with Crippen LogP contribution < -0.4 is 5.32 Å². The second-order valence-electron chi connectivity index (χ2n) is 3.40. The number of tetrazole rings is 1. The lowest BCUT2D eigenvalue weighted by Crippen LogP contribution is -1.99. The fourth-order valence-corrected chi connectivity index (χ4v) is 1.65. The summed E-state index contributed by atoms with van der Waals surface area (Å²) >= 11 is 2.78. The fourth-order valence-electron chi connectivity index (χ4n) is 1.25. The Morgan fingerprint density at radius 3 is 2.75 bits per heavy atom. The van der Waals surface area contributed by atoms with E-state index in [9.17, 15) is 13.2 Å². The number of rotatable bonds is 3. The second-order valence-corrected chi connectivity index (χ2v) is 4.19. The van der Waals surface area contributed by atoms with Crippen LogP contribution in [0.25, 0.3) is 5.57 Å². The molecule has 0 bridgehead atoms. The topological polar surface area (TPSA) is 90.3 Å². The summed E-state index contributed by atoms with van der Waals surface area (Å²) in [6.07, 6.45) is 1.11. The lowest BCUT2D eigenvalue weighted by molar-refractivity contribution is 0.445. The minimum absolute atomic E-state index is 0.000761. The maximum atomic E-state index is 13.3. The van der Waals surface area contributed by atoms with Crippen LogP contribution in [0, 0.1) is 28.8 Å². The maximum absolute atomic E-state index is 13.3. The third-order valence-corrected chi connectivity index (χ3v) is 2.96. The van der Waals surface area contributed by atoms with Gasteiger partial charge in [-0.05, 0) is 21.1 Å². The van der Waals surface area contributed by atoms with Gasteiger partial charge in [0.05, 0.1) is 10.2 Å². The Balaban J connectivity index is 2.34. The lowest BCUT2D eigenvalue weighted by Gasteiger charge is -2.06. The Bertz CT molecular complexity index is 707. The van der Waals surface area contributed by atoms with Gasteiger partial charge in [-0.1, -0.05) is 0 Å². The molecule has 10 heteroatoms. The average Bonchev–Trinajstić information content (AvgIpc) is 2.96. The van der Waals surface area contributed by atoms with E-state index < -0.39 is 17.5 Å². The van der Waals surface area contributed by atoms with Crippen molar-refractivity contribution in [3.8, 4) is 6.07 Å². The summed E-state index contributed by atoms with van der Waals surface area (Å²) in [5.41, 5.74) is -0.131. The third-order valence-electron chi connectivity index (χ3n) is 2.18. The molecule has 0 radical (unpaired) electrons.